The fraction of sp³-hybridized carbons (Fsp3) is 0.250. The van der Waals surface area contributed by atoms with Crippen molar-refractivity contribution in [3.8, 4) is 0 Å². The summed E-state index contributed by atoms with van der Waals surface area (Å²) in [5.74, 6) is 0. The molecule has 1 N–H and O–H groups in total. The lowest BCUT2D eigenvalue weighted by Crippen LogP contribution is -2.30. The summed E-state index contributed by atoms with van der Waals surface area (Å²) in [6.07, 6.45) is 2.21. The largest absolute Gasteiger partial charge is 0.316 e. The lowest BCUT2D eigenvalue weighted by atomic mass is 9.98. The molecule has 2 heteroatoms. The molecular weight excluding hydrogens is 238 g/mol. The molecule has 0 unspecified atom stereocenters. The molecule has 0 aliphatic carbocycles. The number of nitrogens with one attached hydrogen (secondary N) is 1. The maximum Gasteiger partial charge on any atom is 0.0155 e. The van der Waals surface area contributed by atoms with Crippen molar-refractivity contribution in [3.05, 3.63) is 59.7 Å². The van der Waals surface area contributed by atoms with Crippen LogP contribution < -0.4 is 5.32 Å². The minimum atomic E-state index is 0.521. The summed E-state index contributed by atoms with van der Waals surface area (Å²) in [5.41, 5.74) is 2.91. The van der Waals surface area contributed by atoms with Gasteiger partial charge in [-0.2, -0.15) is 0 Å². The van der Waals surface area contributed by atoms with Gasteiger partial charge in [-0.25, -0.2) is 0 Å². The van der Waals surface area contributed by atoms with Crippen molar-refractivity contribution in [1.29, 1.82) is 0 Å². The predicted octanol–water partition coefficient (Wildman–Crippen LogP) is 3.52. The molecule has 18 heavy (non-hydrogen) atoms. The molecule has 92 valence electrons. The first-order valence-electron chi connectivity index (χ1n) is 6.38. The second-order valence-corrected chi connectivity index (χ2v) is 5.80. The maximum atomic E-state index is 3.44. The minimum Gasteiger partial charge on any atom is -0.316 e. The van der Waals surface area contributed by atoms with Crippen LogP contribution in [-0.4, -0.2) is 13.1 Å². The van der Waals surface area contributed by atoms with E-state index < -0.39 is 0 Å². The standard InChI is InChI=1S/C16H17NS/c1-17-14-10-12-6-2-4-8-15(12)18-16-9-5-3-7-13(16)11-14/h2-9,14,17H,10-11H2,1H3. The summed E-state index contributed by atoms with van der Waals surface area (Å²) in [6.45, 7) is 0. The van der Waals surface area contributed by atoms with E-state index >= 15 is 0 Å². The van der Waals surface area contributed by atoms with E-state index in [-0.39, 0.29) is 0 Å². The third-order valence-electron chi connectivity index (χ3n) is 3.51. The zero-order valence-corrected chi connectivity index (χ0v) is 11.3. The number of hydrogen-bond donors (Lipinski definition) is 1. The summed E-state index contributed by atoms with van der Waals surface area (Å²) < 4.78 is 0. The zero-order chi connectivity index (χ0) is 12.4. The number of rotatable bonds is 1. The van der Waals surface area contributed by atoms with Gasteiger partial charge < -0.3 is 5.32 Å². The Morgan fingerprint density at radius 2 is 1.39 bits per heavy atom. The summed E-state index contributed by atoms with van der Waals surface area (Å²) in [5, 5.41) is 3.44. The second-order valence-electron chi connectivity index (χ2n) is 4.71. The topological polar surface area (TPSA) is 12.0 Å². The van der Waals surface area contributed by atoms with Crippen molar-refractivity contribution in [2.24, 2.45) is 0 Å². The first kappa shape index (κ1) is 11.8. The van der Waals surface area contributed by atoms with E-state index in [9.17, 15) is 0 Å². The quantitative estimate of drug-likeness (QED) is 0.836. The SMILES string of the molecule is CNC1Cc2ccccc2Sc2ccccc2C1. The highest BCUT2D eigenvalue weighted by molar-refractivity contribution is 7.99. The van der Waals surface area contributed by atoms with Gasteiger partial charge in [-0.1, -0.05) is 48.2 Å². The smallest absolute Gasteiger partial charge is 0.0155 e. The van der Waals surface area contributed by atoms with Gasteiger partial charge in [0.15, 0.2) is 0 Å². The van der Waals surface area contributed by atoms with Crippen LogP contribution in [0.25, 0.3) is 0 Å². The van der Waals surface area contributed by atoms with Crippen LogP contribution in [0.3, 0.4) is 0 Å². The molecule has 2 aromatic carbocycles. The van der Waals surface area contributed by atoms with Crippen molar-refractivity contribution >= 4 is 11.8 Å². The highest BCUT2D eigenvalue weighted by Gasteiger charge is 2.17. The number of fused-ring (bicyclic) bond motifs is 2. The molecule has 1 aliphatic rings. The van der Waals surface area contributed by atoms with Crippen LogP contribution in [-0.2, 0) is 12.8 Å². The van der Waals surface area contributed by atoms with Crippen molar-refractivity contribution in [3.63, 3.8) is 0 Å². The lowest BCUT2D eigenvalue weighted by Gasteiger charge is -2.23. The Morgan fingerprint density at radius 1 is 0.889 bits per heavy atom. The van der Waals surface area contributed by atoms with E-state index in [4.69, 9.17) is 0 Å². The molecule has 0 fully saturated rings. The Bertz CT molecular complexity index is 503. The Labute approximate surface area is 113 Å². The average molecular weight is 255 g/mol. The zero-order valence-electron chi connectivity index (χ0n) is 10.5. The molecule has 0 amide bonds. The molecule has 3 rings (SSSR count). The Balaban J connectivity index is 2.07. The van der Waals surface area contributed by atoms with E-state index in [2.05, 4.69) is 60.9 Å². The van der Waals surface area contributed by atoms with Crippen LogP contribution in [0.1, 0.15) is 11.1 Å². The van der Waals surface area contributed by atoms with Gasteiger partial charge in [-0.15, -0.1) is 0 Å². The Hall–Kier alpha value is -1.25. The van der Waals surface area contributed by atoms with E-state index in [0.29, 0.717) is 6.04 Å². The summed E-state index contributed by atoms with van der Waals surface area (Å²) >= 11 is 1.90. The van der Waals surface area contributed by atoms with E-state index in [1.165, 1.54) is 20.9 Å². The summed E-state index contributed by atoms with van der Waals surface area (Å²) in [7, 11) is 2.06. The highest BCUT2D eigenvalue weighted by atomic mass is 32.2. The molecule has 0 saturated carbocycles. The molecule has 1 nitrogen and oxygen atoms in total. The molecule has 0 aromatic heterocycles. The fourth-order valence-corrected chi connectivity index (χ4v) is 3.56. The number of hydrogen-bond acceptors (Lipinski definition) is 2. The van der Waals surface area contributed by atoms with Crippen LogP contribution in [0.2, 0.25) is 0 Å². The van der Waals surface area contributed by atoms with Gasteiger partial charge in [0.05, 0.1) is 0 Å². The molecule has 0 atom stereocenters. The number of likely N-dealkylation sites (N-methyl/N-ethyl adjacent to an activating group) is 1. The van der Waals surface area contributed by atoms with Gasteiger partial charge in [-0.05, 0) is 43.1 Å². The Kier molecular flexibility index (Phi) is 3.39. The van der Waals surface area contributed by atoms with Gasteiger partial charge in [0.2, 0.25) is 0 Å². The maximum absolute atomic E-state index is 3.44. The second kappa shape index (κ2) is 5.17. The third kappa shape index (κ3) is 2.31. The molecule has 1 heterocycles. The molecule has 1 aliphatic heterocycles. The van der Waals surface area contributed by atoms with Gasteiger partial charge in [0, 0.05) is 15.8 Å². The van der Waals surface area contributed by atoms with Crippen molar-refractivity contribution in [2.75, 3.05) is 7.05 Å². The normalized spacial score (nSPS) is 15.4. The highest BCUT2D eigenvalue weighted by Crippen LogP contribution is 2.35. The van der Waals surface area contributed by atoms with Crippen LogP contribution >= 0.6 is 11.8 Å². The molecule has 2 aromatic rings. The van der Waals surface area contributed by atoms with Gasteiger partial charge >= 0.3 is 0 Å². The summed E-state index contributed by atoms with van der Waals surface area (Å²) in [6, 6.07) is 18.0. The molecule has 0 radical (unpaired) electrons. The van der Waals surface area contributed by atoms with Crippen molar-refractivity contribution in [1.82, 2.24) is 5.32 Å². The van der Waals surface area contributed by atoms with Crippen molar-refractivity contribution < 1.29 is 0 Å². The summed E-state index contributed by atoms with van der Waals surface area (Å²) in [4.78, 5) is 2.79. The van der Waals surface area contributed by atoms with Crippen LogP contribution in [0.5, 0.6) is 0 Å². The average Bonchev–Trinajstić information content (AvgIpc) is 2.39. The van der Waals surface area contributed by atoms with Gasteiger partial charge in [0.25, 0.3) is 0 Å². The first-order valence-corrected chi connectivity index (χ1v) is 7.19. The van der Waals surface area contributed by atoms with Crippen LogP contribution in [0.4, 0.5) is 0 Å². The van der Waals surface area contributed by atoms with Crippen LogP contribution in [0, 0.1) is 0 Å². The van der Waals surface area contributed by atoms with Gasteiger partial charge in [0.1, 0.15) is 0 Å². The van der Waals surface area contributed by atoms with Crippen LogP contribution in [0.15, 0.2) is 58.3 Å². The monoisotopic (exact) mass is 255 g/mol. The molecular formula is C16H17NS. The van der Waals surface area contributed by atoms with Crippen molar-refractivity contribution in [2.45, 2.75) is 28.7 Å². The minimum absolute atomic E-state index is 0.521. The molecule has 0 spiro atoms. The van der Waals surface area contributed by atoms with E-state index in [0.717, 1.165) is 12.8 Å². The van der Waals surface area contributed by atoms with E-state index in [1.807, 2.05) is 11.8 Å². The number of benzene rings is 2. The van der Waals surface area contributed by atoms with Gasteiger partial charge in [-0.3, -0.25) is 0 Å². The fourth-order valence-electron chi connectivity index (χ4n) is 2.47. The Morgan fingerprint density at radius 3 is 1.89 bits per heavy atom. The predicted molar refractivity (Wildman–Crippen MR) is 77.3 cm³/mol. The third-order valence-corrected chi connectivity index (χ3v) is 4.74. The lowest BCUT2D eigenvalue weighted by molar-refractivity contribution is 0.548. The molecule has 0 bridgehead atoms. The molecule has 0 saturated heterocycles. The first-order chi connectivity index (χ1) is 8.86. The van der Waals surface area contributed by atoms with E-state index in [1.54, 1.807) is 0 Å².